The summed E-state index contributed by atoms with van der Waals surface area (Å²) in [4.78, 5) is 26.4. The topological polar surface area (TPSA) is 78.8 Å². The average molecular weight is 465 g/mol. The summed E-state index contributed by atoms with van der Waals surface area (Å²) in [6.45, 7) is 5.84. The lowest BCUT2D eigenvalue weighted by Gasteiger charge is -2.37. The first-order valence-corrected chi connectivity index (χ1v) is 12.3. The Hall–Kier alpha value is -2.77. The molecule has 4 rings (SSSR count). The standard InChI is InChI=1S/C27H36N4O3/c1-19-15-31(20(2)18-32)27(33)24-12-23(22-9-5-4-6-10-22)14-29-26(24)34-25(19)17-30(3)16-21-8-7-11-28-13-21/h7-9,11-14,19-20,25,32H,4-6,10,15-18H2,1-3H3/t19-,20+,25+/m0/s1. The van der Waals surface area contributed by atoms with Gasteiger partial charge in [0.05, 0.1) is 12.6 Å². The lowest BCUT2D eigenvalue weighted by molar-refractivity contribution is 0.0325. The van der Waals surface area contributed by atoms with E-state index in [4.69, 9.17) is 4.74 Å². The fraction of sp³-hybridized carbons (Fsp3) is 0.519. The SMILES string of the molecule is C[C@H](CO)N1C[C@H](C)[C@@H](CN(C)Cc2cccnc2)Oc2ncc(C3=CCCCC3)cc2C1=O. The molecule has 0 fully saturated rings. The molecule has 1 amide bonds. The van der Waals surface area contributed by atoms with Crippen LogP contribution >= 0.6 is 0 Å². The first-order chi connectivity index (χ1) is 16.5. The van der Waals surface area contributed by atoms with Crippen LogP contribution in [0.15, 0.2) is 42.9 Å². The van der Waals surface area contributed by atoms with Crippen molar-refractivity contribution in [3.63, 3.8) is 0 Å². The fourth-order valence-electron chi connectivity index (χ4n) is 4.77. The zero-order valence-corrected chi connectivity index (χ0v) is 20.5. The highest BCUT2D eigenvalue weighted by Crippen LogP contribution is 2.32. The number of carbonyl (C=O) groups excluding carboxylic acids is 1. The number of ether oxygens (including phenoxy) is 1. The van der Waals surface area contributed by atoms with Gasteiger partial charge >= 0.3 is 0 Å². The first kappa shape index (κ1) is 24.4. The Morgan fingerprint density at radius 1 is 1.32 bits per heavy atom. The van der Waals surface area contributed by atoms with E-state index in [1.807, 2.05) is 31.5 Å². The minimum atomic E-state index is -0.285. The minimum Gasteiger partial charge on any atom is -0.472 e. The van der Waals surface area contributed by atoms with Gasteiger partial charge in [-0.15, -0.1) is 0 Å². The molecule has 1 aliphatic heterocycles. The molecule has 0 bridgehead atoms. The average Bonchev–Trinajstić information content (AvgIpc) is 2.86. The lowest BCUT2D eigenvalue weighted by atomic mass is 9.93. The molecule has 1 aliphatic carbocycles. The van der Waals surface area contributed by atoms with E-state index in [0.717, 1.165) is 36.9 Å². The third-order valence-corrected chi connectivity index (χ3v) is 6.85. The van der Waals surface area contributed by atoms with Gasteiger partial charge in [-0.05, 0) is 68.5 Å². The largest absolute Gasteiger partial charge is 0.472 e. The molecule has 1 N–H and O–H groups in total. The summed E-state index contributed by atoms with van der Waals surface area (Å²) >= 11 is 0. The van der Waals surface area contributed by atoms with Crippen LogP contribution in [0.2, 0.25) is 0 Å². The van der Waals surface area contributed by atoms with Crippen LogP contribution in [0.4, 0.5) is 0 Å². The zero-order valence-electron chi connectivity index (χ0n) is 20.5. The monoisotopic (exact) mass is 464 g/mol. The molecule has 0 unspecified atom stereocenters. The van der Waals surface area contributed by atoms with Crippen molar-refractivity contribution in [1.29, 1.82) is 0 Å². The van der Waals surface area contributed by atoms with E-state index in [-0.39, 0.29) is 30.6 Å². The van der Waals surface area contributed by atoms with E-state index in [1.54, 1.807) is 11.1 Å². The Bertz CT molecular complexity index is 1010. The molecular weight excluding hydrogens is 428 g/mol. The van der Waals surface area contributed by atoms with Crippen LogP contribution in [-0.4, -0.2) is 69.7 Å². The molecule has 2 aromatic heterocycles. The van der Waals surface area contributed by atoms with E-state index in [2.05, 4.69) is 41.0 Å². The maximum atomic E-state index is 13.6. The van der Waals surface area contributed by atoms with Crippen molar-refractivity contribution < 1.29 is 14.6 Å². The first-order valence-electron chi connectivity index (χ1n) is 12.3. The van der Waals surface area contributed by atoms with Crippen molar-refractivity contribution in [2.75, 3.05) is 26.7 Å². The molecule has 3 heterocycles. The van der Waals surface area contributed by atoms with Gasteiger partial charge < -0.3 is 14.7 Å². The van der Waals surface area contributed by atoms with Crippen molar-refractivity contribution in [1.82, 2.24) is 19.8 Å². The number of likely N-dealkylation sites (N-methyl/N-ethyl adjacent to an activating group) is 1. The van der Waals surface area contributed by atoms with Gasteiger partial charge in [0.15, 0.2) is 0 Å². The van der Waals surface area contributed by atoms with Crippen LogP contribution in [0.3, 0.4) is 0 Å². The Balaban J connectivity index is 1.63. The number of fused-ring (bicyclic) bond motifs is 1. The van der Waals surface area contributed by atoms with Crippen molar-refractivity contribution in [2.24, 2.45) is 5.92 Å². The second-order valence-corrected chi connectivity index (χ2v) is 9.73. The Labute approximate surface area is 202 Å². The number of aromatic nitrogens is 2. The predicted molar refractivity (Wildman–Crippen MR) is 132 cm³/mol. The summed E-state index contributed by atoms with van der Waals surface area (Å²) in [6.07, 6.45) is 12.0. The van der Waals surface area contributed by atoms with E-state index >= 15 is 0 Å². The maximum absolute atomic E-state index is 13.6. The van der Waals surface area contributed by atoms with Gasteiger partial charge in [0, 0.05) is 44.1 Å². The smallest absolute Gasteiger partial charge is 0.259 e. The summed E-state index contributed by atoms with van der Waals surface area (Å²) < 4.78 is 6.43. The summed E-state index contributed by atoms with van der Waals surface area (Å²) in [5.74, 6) is 0.313. The Kier molecular flexibility index (Phi) is 7.95. The summed E-state index contributed by atoms with van der Waals surface area (Å²) in [7, 11) is 2.06. The molecule has 0 saturated carbocycles. The second kappa shape index (κ2) is 11.1. The van der Waals surface area contributed by atoms with Crippen LogP contribution in [0, 0.1) is 5.92 Å². The van der Waals surface area contributed by atoms with Gasteiger partial charge in [-0.1, -0.05) is 19.1 Å². The molecule has 0 aromatic carbocycles. The fourth-order valence-corrected chi connectivity index (χ4v) is 4.77. The van der Waals surface area contributed by atoms with Gasteiger partial charge in [-0.3, -0.25) is 14.7 Å². The number of aliphatic hydroxyl groups excluding tert-OH is 1. The Morgan fingerprint density at radius 2 is 2.18 bits per heavy atom. The molecule has 2 aliphatic rings. The molecule has 0 saturated heterocycles. The molecule has 0 spiro atoms. The van der Waals surface area contributed by atoms with Crippen molar-refractivity contribution in [3.05, 3.63) is 59.6 Å². The van der Waals surface area contributed by atoms with Crippen LogP contribution in [0.25, 0.3) is 5.57 Å². The van der Waals surface area contributed by atoms with Crippen molar-refractivity contribution >= 4 is 11.5 Å². The molecular formula is C27H36N4O3. The van der Waals surface area contributed by atoms with E-state index in [9.17, 15) is 9.90 Å². The highest BCUT2D eigenvalue weighted by molar-refractivity contribution is 5.97. The highest BCUT2D eigenvalue weighted by atomic mass is 16.5. The normalized spacial score (nSPS) is 21.9. The lowest BCUT2D eigenvalue weighted by Crippen LogP contribution is -2.49. The summed E-state index contributed by atoms with van der Waals surface area (Å²) in [6, 6.07) is 5.66. The number of hydrogen-bond acceptors (Lipinski definition) is 6. The van der Waals surface area contributed by atoms with Gasteiger partial charge in [0.25, 0.3) is 5.91 Å². The minimum absolute atomic E-state index is 0.0602. The number of allylic oxidation sites excluding steroid dienone is 2. The predicted octanol–water partition coefficient (Wildman–Crippen LogP) is 3.79. The third kappa shape index (κ3) is 5.65. The number of hydrogen-bond donors (Lipinski definition) is 1. The van der Waals surface area contributed by atoms with E-state index in [1.165, 1.54) is 12.0 Å². The van der Waals surface area contributed by atoms with Gasteiger partial charge in [0.2, 0.25) is 5.88 Å². The Morgan fingerprint density at radius 3 is 2.88 bits per heavy atom. The molecule has 34 heavy (non-hydrogen) atoms. The van der Waals surface area contributed by atoms with Crippen LogP contribution < -0.4 is 4.74 Å². The second-order valence-electron chi connectivity index (χ2n) is 9.73. The molecule has 7 heteroatoms. The van der Waals surface area contributed by atoms with Crippen LogP contribution in [0.1, 0.15) is 61.0 Å². The van der Waals surface area contributed by atoms with Crippen molar-refractivity contribution in [3.8, 4) is 5.88 Å². The maximum Gasteiger partial charge on any atom is 0.259 e. The van der Waals surface area contributed by atoms with E-state index < -0.39 is 0 Å². The van der Waals surface area contributed by atoms with Gasteiger partial charge in [-0.2, -0.15) is 0 Å². The number of nitrogens with zero attached hydrogens (tertiary/aromatic N) is 4. The number of carbonyl (C=O) groups is 1. The molecule has 182 valence electrons. The molecule has 3 atom stereocenters. The molecule has 2 aromatic rings. The van der Waals surface area contributed by atoms with Gasteiger partial charge in [-0.25, -0.2) is 4.98 Å². The number of aliphatic hydroxyl groups is 1. The number of amides is 1. The van der Waals surface area contributed by atoms with Crippen LogP contribution in [-0.2, 0) is 6.54 Å². The highest BCUT2D eigenvalue weighted by Gasteiger charge is 2.34. The quantitative estimate of drug-likeness (QED) is 0.672. The number of pyridine rings is 2. The van der Waals surface area contributed by atoms with Crippen molar-refractivity contribution in [2.45, 2.75) is 58.2 Å². The zero-order chi connectivity index (χ0) is 24.1. The number of rotatable bonds is 7. The molecule has 0 radical (unpaired) electrons. The third-order valence-electron chi connectivity index (χ3n) is 6.85. The van der Waals surface area contributed by atoms with Crippen LogP contribution in [0.5, 0.6) is 5.88 Å². The summed E-state index contributed by atoms with van der Waals surface area (Å²) in [5.41, 5.74) is 3.86. The van der Waals surface area contributed by atoms with Gasteiger partial charge in [0.1, 0.15) is 11.7 Å². The molecule has 7 nitrogen and oxygen atoms in total. The van der Waals surface area contributed by atoms with E-state index in [0.29, 0.717) is 24.5 Å². The summed E-state index contributed by atoms with van der Waals surface area (Å²) in [5, 5.41) is 9.87.